The zero-order valence-corrected chi connectivity index (χ0v) is 14.9. The topological polar surface area (TPSA) is 80.9 Å². The molecule has 0 atom stereocenters. The van der Waals surface area contributed by atoms with E-state index in [9.17, 15) is 4.79 Å². The third kappa shape index (κ3) is 4.21. The molecule has 3 aromatic rings. The van der Waals surface area contributed by atoms with Crippen LogP contribution in [0.3, 0.4) is 0 Å². The molecule has 0 spiro atoms. The van der Waals surface area contributed by atoms with Gasteiger partial charge in [-0.25, -0.2) is 0 Å². The second kappa shape index (κ2) is 7.59. The Labute approximate surface area is 147 Å². The molecule has 0 aliphatic carbocycles. The van der Waals surface area contributed by atoms with Gasteiger partial charge in [-0.2, -0.15) is 0 Å². The largest absolute Gasteiger partial charge is 0.356 e. The molecule has 2 aromatic heterocycles. The minimum Gasteiger partial charge on any atom is -0.356 e. The number of carbonyl (C=O) groups excluding carboxylic acids is 1. The number of thioether (sulfide) groups is 1. The van der Waals surface area contributed by atoms with Crippen molar-refractivity contribution in [2.24, 2.45) is 0 Å². The average molecular weight is 360 g/mol. The maximum Gasteiger partial charge on any atom is 0.232 e. The van der Waals surface area contributed by atoms with E-state index in [1.807, 2.05) is 38.1 Å². The SMILES string of the molecule is CCSc1nnc(NC(=O)Cc2cc(-c3ccc(C)cc3)on2)s1. The van der Waals surface area contributed by atoms with Crippen molar-refractivity contribution >= 4 is 34.1 Å². The molecule has 24 heavy (non-hydrogen) atoms. The van der Waals surface area contributed by atoms with E-state index < -0.39 is 0 Å². The Morgan fingerprint density at radius 1 is 1.29 bits per heavy atom. The lowest BCUT2D eigenvalue weighted by atomic mass is 10.1. The van der Waals surface area contributed by atoms with Crippen LogP contribution < -0.4 is 5.32 Å². The van der Waals surface area contributed by atoms with Gasteiger partial charge in [0.1, 0.15) is 0 Å². The van der Waals surface area contributed by atoms with Crippen LogP contribution in [0.4, 0.5) is 5.13 Å². The molecule has 6 nitrogen and oxygen atoms in total. The van der Waals surface area contributed by atoms with E-state index in [2.05, 4.69) is 20.7 Å². The molecule has 1 amide bonds. The van der Waals surface area contributed by atoms with Crippen molar-refractivity contribution < 1.29 is 9.32 Å². The van der Waals surface area contributed by atoms with Crippen LogP contribution in [0.25, 0.3) is 11.3 Å². The number of carbonyl (C=O) groups is 1. The highest BCUT2D eigenvalue weighted by Crippen LogP contribution is 2.25. The van der Waals surface area contributed by atoms with Gasteiger partial charge in [0.2, 0.25) is 11.0 Å². The fraction of sp³-hybridized carbons (Fsp3) is 0.250. The maximum absolute atomic E-state index is 12.1. The Hall–Kier alpha value is -2.19. The Balaban J connectivity index is 1.61. The standard InChI is InChI=1S/C16H16N4O2S2/c1-3-23-16-19-18-15(24-16)17-14(21)9-12-8-13(22-20-12)11-6-4-10(2)5-7-11/h4-8H,3,9H2,1-2H3,(H,17,18,21). The van der Waals surface area contributed by atoms with E-state index in [4.69, 9.17) is 4.52 Å². The van der Waals surface area contributed by atoms with Gasteiger partial charge >= 0.3 is 0 Å². The van der Waals surface area contributed by atoms with Gasteiger partial charge < -0.3 is 9.84 Å². The number of rotatable bonds is 6. The minimum absolute atomic E-state index is 0.130. The number of hydrogen-bond acceptors (Lipinski definition) is 7. The first-order valence-electron chi connectivity index (χ1n) is 7.43. The van der Waals surface area contributed by atoms with Crippen LogP contribution in [0.2, 0.25) is 0 Å². The van der Waals surface area contributed by atoms with Crippen LogP contribution in [0, 0.1) is 6.92 Å². The maximum atomic E-state index is 12.1. The number of aryl methyl sites for hydroxylation is 1. The van der Waals surface area contributed by atoms with Crippen molar-refractivity contribution in [3.05, 3.63) is 41.6 Å². The lowest BCUT2D eigenvalue weighted by molar-refractivity contribution is -0.115. The first-order valence-corrected chi connectivity index (χ1v) is 9.23. The van der Waals surface area contributed by atoms with Crippen molar-refractivity contribution in [2.45, 2.75) is 24.6 Å². The molecule has 0 aliphatic rings. The smallest absolute Gasteiger partial charge is 0.232 e. The minimum atomic E-state index is -0.192. The van der Waals surface area contributed by atoms with E-state index in [0.29, 0.717) is 16.6 Å². The van der Waals surface area contributed by atoms with Crippen molar-refractivity contribution in [2.75, 3.05) is 11.1 Å². The fourth-order valence-electron chi connectivity index (χ4n) is 2.02. The van der Waals surface area contributed by atoms with E-state index in [1.54, 1.807) is 17.8 Å². The monoisotopic (exact) mass is 360 g/mol. The van der Waals surface area contributed by atoms with Crippen LogP contribution in [-0.4, -0.2) is 27.0 Å². The highest BCUT2D eigenvalue weighted by Gasteiger charge is 2.13. The van der Waals surface area contributed by atoms with E-state index in [-0.39, 0.29) is 12.3 Å². The summed E-state index contributed by atoms with van der Waals surface area (Å²) in [5.41, 5.74) is 2.69. The predicted molar refractivity (Wildman–Crippen MR) is 95.3 cm³/mol. The molecule has 8 heteroatoms. The van der Waals surface area contributed by atoms with Gasteiger partial charge in [0.15, 0.2) is 10.1 Å². The summed E-state index contributed by atoms with van der Waals surface area (Å²) in [7, 11) is 0. The van der Waals surface area contributed by atoms with Gasteiger partial charge in [-0.3, -0.25) is 4.79 Å². The highest BCUT2D eigenvalue weighted by atomic mass is 32.2. The molecule has 0 saturated carbocycles. The predicted octanol–water partition coefficient (Wildman–Crippen LogP) is 3.79. The summed E-state index contributed by atoms with van der Waals surface area (Å²) >= 11 is 2.96. The molecule has 1 aromatic carbocycles. The Bertz CT molecular complexity index is 827. The molecule has 0 aliphatic heterocycles. The zero-order chi connectivity index (χ0) is 16.9. The van der Waals surface area contributed by atoms with Gasteiger partial charge in [-0.05, 0) is 12.7 Å². The Kier molecular flexibility index (Phi) is 5.27. The Morgan fingerprint density at radius 3 is 2.83 bits per heavy atom. The zero-order valence-electron chi connectivity index (χ0n) is 13.3. The van der Waals surface area contributed by atoms with Gasteiger partial charge in [-0.1, -0.05) is 65.0 Å². The third-order valence-electron chi connectivity index (χ3n) is 3.16. The van der Waals surface area contributed by atoms with Crippen LogP contribution in [-0.2, 0) is 11.2 Å². The van der Waals surface area contributed by atoms with E-state index in [1.165, 1.54) is 16.9 Å². The van der Waals surface area contributed by atoms with E-state index in [0.717, 1.165) is 15.7 Å². The van der Waals surface area contributed by atoms with Crippen molar-refractivity contribution in [1.82, 2.24) is 15.4 Å². The molecule has 0 radical (unpaired) electrons. The fourth-order valence-corrected chi connectivity index (χ4v) is 3.68. The Morgan fingerprint density at radius 2 is 2.08 bits per heavy atom. The molecule has 0 fully saturated rings. The van der Waals surface area contributed by atoms with Gasteiger partial charge in [-0.15, -0.1) is 10.2 Å². The summed E-state index contributed by atoms with van der Waals surface area (Å²) in [6, 6.07) is 9.72. The summed E-state index contributed by atoms with van der Waals surface area (Å²) < 4.78 is 6.16. The molecule has 2 heterocycles. The summed E-state index contributed by atoms with van der Waals surface area (Å²) in [6.07, 6.45) is 0.130. The number of benzene rings is 1. The van der Waals surface area contributed by atoms with Gasteiger partial charge in [0.05, 0.1) is 12.1 Å². The summed E-state index contributed by atoms with van der Waals surface area (Å²) in [6.45, 7) is 4.07. The van der Waals surface area contributed by atoms with Crippen molar-refractivity contribution in [1.29, 1.82) is 0 Å². The number of aromatic nitrogens is 3. The molecular formula is C16H16N4O2S2. The number of amides is 1. The lowest BCUT2D eigenvalue weighted by Crippen LogP contribution is -2.14. The summed E-state index contributed by atoms with van der Waals surface area (Å²) in [5, 5.41) is 15.1. The molecule has 1 N–H and O–H groups in total. The molecule has 3 rings (SSSR count). The highest BCUT2D eigenvalue weighted by molar-refractivity contribution is 8.01. The first kappa shape index (κ1) is 16.7. The number of nitrogens with zero attached hydrogens (tertiary/aromatic N) is 3. The van der Waals surface area contributed by atoms with Crippen molar-refractivity contribution in [3.63, 3.8) is 0 Å². The van der Waals surface area contributed by atoms with E-state index >= 15 is 0 Å². The van der Waals surface area contributed by atoms with Crippen LogP contribution in [0.1, 0.15) is 18.2 Å². The first-order chi connectivity index (χ1) is 11.6. The lowest BCUT2D eigenvalue weighted by Gasteiger charge is -1.97. The normalized spacial score (nSPS) is 10.8. The second-order valence-electron chi connectivity index (χ2n) is 5.08. The van der Waals surface area contributed by atoms with Gasteiger partial charge in [0.25, 0.3) is 0 Å². The third-order valence-corrected chi connectivity index (χ3v) is 5.01. The van der Waals surface area contributed by atoms with Crippen LogP contribution >= 0.6 is 23.1 Å². The number of nitrogens with one attached hydrogen (secondary N) is 1. The molecule has 0 saturated heterocycles. The van der Waals surface area contributed by atoms with Gasteiger partial charge in [0, 0.05) is 11.6 Å². The number of anilines is 1. The summed E-state index contributed by atoms with van der Waals surface area (Å²) in [4.78, 5) is 12.1. The molecular weight excluding hydrogens is 344 g/mol. The molecule has 124 valence electrons. The quantitative estimate of drug-likeness (QED) is 0.532. The summed E-state index contributed by atoms with van der Waals surface area (Å²) in [5.74, 6) is 1.38. The number of hydrogen-bond donors (Lipinski definition) is 1. The second-order valence-corrected chi connectivity index (χ2v) is 7.57. The van der Waals surface area contributed by atoms with Crippen molar-refractivity contribution in [3.8, 4) is 11.3 Å². The average Bonchev–Trinajstić information content (AvgIpc) is 3.18. The van der Waals surface area contributed by atoms with Crippen LogP contribution in [0.15, 0.2) is 39.2 Å². The van der Waals surface area contributed by atoms with Crippen LogP contribution in [0.5, 0.6) is 0 Å². The molecule has 0 unspecified atom stereocenters. The molecule has 0 bridgehead atoms.